The van der Waals surface area contributed by atoms with E-state index in [1.165, 1.54) is 37.7 Å². The number of hydrogen-bond acceptors (Lipinski definition) is 2. The molecule has 0 spiro atoms. The van der Waals surface area contributed by atoms with Crippen molar-refractivity contribution in [1.82, 2.24) is 15.1 Å². The Morgan fingerprint density at radius 2 is 2.24 bits per heavy atom. The zero-order valence-corrected chi connectivity index (χ0v) is 11.2. The van der Waals surface area contributed by atoms with Gasteiger partial charge in [0.05, 0.1) is 6.20 Å². The number of nitrogens with one attached hydrogen (secondary N) is 1. The molecule has 3 heteroatoms. The lowest BCUT2D eigenvalue weighted by atomic mass is 9.93. The van der Waals surface area contributed by atoms with Crippen molar-refractivity contribution in [2.75, 3.05) is 7.05 Å². The van der Waals surface area contributed by atoms with E-state index >= 15 is 0 Å². The highest BCUT2D eigenvalue weighted by atomic mass is 15.3. The van der Waals surface area contributed by atoms with Gasteiger partial charge in [-0.1, -0.05) is 19.8 Å². The fraction of sp³-hybridized carbons (Fsp3) is 0.786. The highest BCUT2D eigenvalue weighted by molar-refractivity contribution is 5.12. The van der Waals surface area contributed by atoms with Gasteiger partial charge in [0.25, 0.3) is 0 Å². The summed E-state index contributed by atoms with van der Waals surface area (Å²) in [4.78, 5) is 0. The van der Waals surface area contributed by atoms with Gasteiger partial charge in [-0.25, -0.2) is 0 Å². The van der Waals surface area contributed by atoms with Gasteiger partial charge in [0.1, 0.15) is 0 Å². The summed E-state index contributed by atoms with van der Waals surface area (Å²) in [7, 11) is 2.09. The summed E-state index contributed by atoms with van der Waals surface area (Å²) < 4.78 is 2.09. The molecule has 0 aromatic carbocycles. The maximum Gasteiger partial charge on any atom is 0.0524 e. The Balaban J connectivity index is 2.02. The van der Waals surface area contributed by atoms with Gasteiger partial charge < -0.3 is 5.32 Å². The van der Waals surface area contributed by atoms with Gasteiger partial charge in [-0.05, 0) is 44.2 Å². The highest BCUT2D eigenvalue weighted by Crippen LogP contribution is 2.31. The molecule has 0 bridgehead atoms. The maximum absolute atomic E-state index is 4.46. The third kappa shape index (κ3) is 3.32. The molecule has 2 rings (SSSR count). The molecular formula is C14H25N3. The van der Waals surface area contributed by atoms with Crippen LogP contribution in [0.1, 0.15) is 56.9 Å². The first-order valence-electron chi connectivity index (χ1n) is 7.03. The molecule has 3 nitrogen and oxygen atoms in total. The second-order valence-corrected chi connectivity index (χ2v) is 5.24. The van der Waals surface area contributed by atoms with Gasteiger partial charge >= 0.3 is 0 Å². The Labute approximate surface area is 105 Å². The predicted octanol–water partition coefficient (Wildman–Crippen LogP) is 2.93. The molecule has 1 fully saturated rings. The van der Waals surface area contributed by atoms with E-state index in [9.17, 15) is 0 Å². The summed E-state index contributed by atoms with van der Waals surface area (Å²) in [5.41, 5.74) is 1.45. The van der Waals surface area contributed by atoms with E-state index in [1.54, 1.807) is 0 Å². The van der Waals surface area contributed by atoms with Crippen molar-refractivity contribution in [3.05, 3.63) is 18.0 Å². The van der Waals surface area contributed by atoms with E-state index < -0.39 is 0 Å². The molecule has 1 aliphatic rings. The number of hydrogen-bond donors (Lipinski definition) is 1. The molecular weight excluding hydrogens is 210 g/mol. The third-order valence-corrected chi connectivity index (χ3v) is 3.91. The van der Waals surface area contributed by atoms with Crippen molar-refractivity contribution in [3.8, 4) is 0 Å². The second kappa shape index (κ2) is 6.20. The molecule has 1 aliphatic carbocycles. The monoisotopic (exact) mass is 235 g/mol. The summed E-state index contributed by atoms with van der Waals surface area (Å²) >= 11 is 0. The fourth-order valence-electron chi connectivity index (χ4n) is 2.87. The lowest BCUT2D eigenvalue weighted by Crippen LogP contribution is -2.25. The zero-order valence-electron chi connectivity index (χ0n) is 11.2. The normalized spacial score (nSPS) is 25.8. The number of aromatic nitrogens is 2. The van der Waals surface area contributed by atoms with Crippen LogP contribution in [0.25, 0.3) is 0 Å². The molecule has 17 heavy (non-hydrogen) atoms. The van der Waals surface area contributed by atoms with Crippen molar-refractivity contribution in [3.63, 3.8) is 0 Å². The number of nitrogens with zero attached hydrogens (tertiary/aromatic N) is 2. The SMILES string of the molecule is CCCn1cc(C2CCCCC(NC)C2)cn1. The minimum absolute atomic E-state index is 0.692. The largest absolute Gasteiger partial charge is 0.317 e. The molecule has 2 unspecified atom stereocenters. The zero-order chi connectivity index (χ0) is 12.1. The van der Waals surface area contributed by atoms with Gasteiger partial charge in [-0.2, -0.15) is 5.10 Å². The predicted molar refractivity (Wildman–Crippen MR) is 71.2 cm³/mol. The molecule has 0 saturated heterocycles. The van der Waals surface area contributed by atoms with Crippen molar-refractivity contribution >= 4 is 0 Å². The smallest absolute Gasteiger partial charge is 0.0524 e. The lowest BCUT2D eigenvalue weighted by Gasteiger charge is -2.18. The van der Waals surface area contributed by atoms with Gasteiger partial charge in [-0.15, -0.1) is 0 Å². The second-order valence-electron chi connectivity index (χ2n) is 5.24. The first kappa shape index (κ1) is 12.6. The standard InChI is InChI=1S/C14H25N3/c1-3-8-17-11-13(10-16-17)12-6-4-5-7-14(9-12)15-2/h10-12,14-15H,3-9H2,1-2H3. The molecule has 0 aliphatic heterocycles. The van der Waals surface area contributed by atoms with E-state index in [-0.39, 0.29) is 0 Å². The molecule has 1 N–H and O–H groups in total. The number of rotatable bonds is 4. The van der Waals surface area contributed by atoms with Crippen molar-refractivity contribution in [2.45, 2.75) is 64.0 Å². The fourth-order valence-corrected chi connectivity index (χ4v) is 2.87. The van der Waals surface area contributed by atoms with Crippen molar-refractivity contribution in [1.29, 1.82) is 0 Å². The molecule has 1 aromatic heterocycles. The van der Waals surface area contributed by atoms with Crippen LogP contribution in [0.15, 0.2) is 12.4 Å². The quantitative estimate of drug-likeness (QED) is 0.813. The van der Waals surface area contributed by atoms with Crippen molar-refractivity contribution in [2.24, 2.45) is 0 Å². The van der Waals surface area contributed by atoms with Crippen LogP contribution >= 0.6 is 0 Å². The molecule has 96 valence electrons. The molecule has 1 aromatic rings. The summed E-state index contributed by atoms with van der Waals surface area (Å²) in [6.45, 7) is 3.24. The molecule has 1 saturated carbocycles. The average molecular weight is 235 g/mol. The van der Waals surface area contributed by atoms with Gasteiger partial charge in [0, 0.05) is 18.8 Å². The lowest BCUT2D eigenvalue weighted by molar-refractivity contribution is 0.470. The first-order chi connectivity index (χ1) is 8.33. The van der Waals surface area contributed by atoms with E-state index in [4.69, 9.17) is 0 Å². The molecule has 0 radical (unpaired) electrons. The average Bonchev–Trinajstić information content (AvgIpc) is 2.67. The van der Waals surface area contributed by atoms with Gasteiger partial charge in [-0.3, -0.25) is 4.68 Å². The summed E-state index contributed by atoms with van der Waals surface area (Å²) in [6, 6.07) is 0.692. The molecule has 1 heterocycles. The minimum Gasteiger partial charge on any atom is -0.317 e. The van der Waals surface area contributed by atoms with Crippen LogP contribution in [-0.2, 0) is 6.54 Å². The summed E-state index contributed by atoms with van der Waals surface area (Å²) in [5.74, 6) is 0.709. The van der Waals surface area contributed by atoms with E-state index in [0.717, 1.165) is 13.0 Å². The van der Waals surface area contributed by atoms with Crippen LogP contribution in [0.2, 0.25) is 0 Å². The topological polar surface area (TPSA) is 29.9 Å². The highest BCUT2D eigenvalue weighted by Gasteiger charge is 2.21. The first-order valence-corrected chi connectivity index (χ1v) is 7.03. The maximum atomic E-state index is 4.46. The van der Waals surface area contributed by atoms with E-state index in [2.05, 4.69) is 41.5 Å². The molecule has 2 atom stereocenters. The summed E-state index contributed by atoms with van der Waals surface area (Å²) in [6.07, 6.45) is 12.2. The minimum atomic E-state index is 0.692. The van der Waals surface area contributed by atoms with Crippen LogP contribution in [0.4, 0.5) is 0 Å². The summed E-state index contributed by atoms with van der Waals surface area (Å²) in [5, 5.41) is 7.91. The Hall–Kier alpha value is -0.830. The van der Waals surface area contributed by atoms with E-state index in [1.807, 2.05) is 0 Å². The van der Waals surface area contributed by atoms with Gasteiger partial charge in [0.2, 0.25) is 0 Å². The Bertz CT molecular complexity index is 332. The Morgan fingerprint density at radius 1 is 1.41 bits per heavy atom. The Kier molecular flexibility index (Phi) is 4.60. The van der Waals surface area contributed by atoms with Crippen LogP contribution in [0.5, 0.6) is 0 Å². The van der Waals surface area contributed by atoms with Crippen LogP contribution in [-0.4, -0.2) is 22.9 Å². The van der Waals surface area contributed by atoms with Crippen molar-refractivity contribution < 1.29 is 0 Å². The van der Waals surface area contributed by atoms with Crippen LogP contribution in [0.3, 0.4) is 0 Å². The van der Waals surface area contributed by atoms with Crippen LogP contribution in [0, 0.1) is 0 Å². The molecule has 0 amide bonds. The Morgan fingerprint density at radius 3 is 3.00 bits per heavy atom. The van der Waals surface area contributed by atoms with Gasteiger partial charge in [0.15, 0.2) is 0 Å². The van der Waals surface area contributed by atoms with E-state index in [0.29, 0.717) is 12.0 Å². The third-order valence-electron chi connectivity index (χ3n) is 3.91. The van der Waals surface area contributed by atoms with Crippen LogP contribution < -0.4 is 5.32 Å². The number of aryl methyl sites for hydroxylation is 1.